The minimum atomic E-state index is -0.957. The van der Waals surface area contributed by atoms with Gasteiger partial charge in [-0.3, -0.25) is 4.79 Å². The van der Waals surface area contributed by atoms with Crippen molar-refractivity contribution in [2.24, 2.45) is 5.73 Å². The van der Waals surface area contributed by atoms with Gasteiger partial charge in [0.15, 0.2) is 0 Å². The molecule has 1 rings (SSSR count). The number of hydrogen-bond donors (Lipinski definition) is 1. The number of esters is 1. The highest BCUT2D eigenvalue weighted by Gasteiger charge is 2.20. The number of hydrogen-bond acceptors (Lipinski definition) is 4. The van der Waals surface area contributed by atoms with Gasteiger partial charge in [0.25, 0.3) is 0 Å². The third-order valence-corrected chi connectivity index (χ3v) is 2.68. The van der Waals surface area contributed by atoms with Crippen molar-refractivity contribution in [2.45, 2.75) is 6.04 Å². The molecule has 0 aliphatic rings. The van der Waals surface area contributed by atoms with Crippen molar-refractivity contribution in [3.63, 3.8) is 0 Å². The van der Waals surface area contributed by atoms with Crippen molar-refractivity contribution in [3.8, 4) is 5.75 Å². The van der Waals surface area contributed by atoms with Crippen LogP contribution in [0.2, 0.25) is 10.0 Å². The lowest BCUT2D eigenvalue weighted by molar-refractivity contribution is -0.142. The molecule has 0 spiro atoms. The molecule has 0 aliphatic carbocycles. The fraction of sp³-hybridized carbons (Fsp3) is 0.300. The first-order valence-corrected chi connectivity index (χ1v) is 5.13. The Labute approximate surface area is 103 Å². The zero-order valence-electron chi connectivity index (χ0n) is 8.79. The molecule has 2 N–H and O–H groups in total. The average Bonchev–Trinajstić information content (AvgIpc) is 2.29. The molecule has 1 aromatic carbocycles. The zero-order valence-corrected chi connectivity index (χ0v) is 10.3. The lowest BCUT2D eigenvalue weighted by Gasteiger charge is -2.13. The van der Waals surface area contributed by atoms with Gasteiger partial charge in [-0.25, -0.2) is 0 Å². The van der Waals surface area contributed by atoms with Gasteiger partial charge < -0.3 is 15.2 Å². The van der Waals surface area contributed by atoms with Crippen molar-refractivity contribution in [1.82, 2.24) is 0 Å². The minimum absolute atomic E-state index is 0.305. The smallest absolute Gasteiger partial charge is 0.327 e. The molecule has 6 heteroatoms. The Balaban J connectivity index is 3.15. The average molecular weight is 264 g/mol. The first-order chi connectivity index (χ1) is 7.51. The van der Waals surface area contributed by atoms with Crippen LogP contribution in [0.25, 0.3) is 0 Å². The number of carbonyl (C=O) groups is 1. The summed E-state index contributed by atoms with van der Waals surface area (Å²) in [5.41, 5.74) is 6.05. The number of benzene rings is 1. The zero-order chi connectivity index (χ0) is 12.3. The Morgan fingerprint density at radius 3 is 2.44 bits per heavy atom. The Morgan fingerprint density at radius 1 is 1.31 bits per heavy atom. The van der Waals surface area contributed by atoms with Gasteiger partial charge in [-0.15, -0.1) is 0 Å². The fourth-order valence-electron chi connectivity index (χ4n) is 1.19. The van der Waals surface area contributed by atoms with Crippen LogP contribution in [0.4, 0.5) is 0 Å². The van der Waals surface area contributed by atoms with Crippen molar-refractivity contribution in [1.29, 1.82) is 0 Å². The number of halogens is 2. The van der Waals surface area contributed by atoms with E-state index in [0.29, 0.717) is 21.4 Å². The quantitative estimate of drug-likeness (QED) is 0.850. The summed E-state index contributed by atoms with van der Waals surface area (Å²) in [4.78, 5) is 11.3. The second-order valence-corrected chi connectivity index (χ2v) is 3.82. The van der Waals surface area contributed by atoms with Gasteiger partial charge in [-0.2, -0.15) is 0 Å². The normalized spacial score (nSPS) is 12.1. The standard InChI is InChI=1S/C10H11Cl2NO3/c1-15-8-4-6(11)5(3-7(8)12)9(13)10(14)16-2/h3-4,9H,13H2,1-2H3. The maximum Gasteiger partial charge on any atom is 0.327 e. The largest absolute Gasteiger partial charge is 0.495 e. The molecule has 16 heavy (non-hydrogen) atoms. The van der Waals surface area contributed by atoms with E-state index in [-0.39, 0.29) is 0 Å². The van der Waals surface area contributed by atoms with Crippen LogP contribution in [0.15, 0.2) is 12.1 Å². The SMILES string of the molecule is COC(=O)C(N)c1cc(Cl)c(OC)cc1Cl. The summed E-state index contributed by atoms with van der Waals surface area (Å²) >= 11 is 11.9. The third-order valence-electron chi connectivity index (χ3n) is 2.06. The van der Waals surface area contributed by atoms with E-state index in [9.17, 15) is 4.79 Å². The summed E-state index contributed by atoms with van der Waals surface area (Å²) in [6, 6.07) is 2.03. The predicted octanol–water partition coefficient (Wildman–Crippen LogP) is 2.17. The molecule has 0 amide bonds. The number of ether oxygens (including phenoxy) is 2. The summed E-state index contributed by atoms with van der Waals surface area (Å²) in [6.45, 7) is 0. The highest BCUT2D eigenvalue weighted by molar-refractivity contribution is 6.35. The molecule has 88 valence electrons. The van der Waals surface area contributed by atoms with E-state index >= 15 is 0 Å². The maximum absolute atomic E-state index is 11.3. The Bertz CT molecular complexity index is 409. The van der Waals surface area contributed by atoms with Gasteiger partial charge in [0.2, 0.25) is 0 Å². The number of methoxy groups -OCH3 is 2. The van der Waals surface area contributed by atoms with Crippen molar-refractivity contribution >= 4 is 29.2 Å². The Kier molecular flexibility index (Phi) is 4.41. The molecule has 1 aromatic rings. The Morgan fingerprint density at radius 2 is 1.94 bits per heavy atom. The van der Waals surface area contributed by atoms with Gasteiger partial charge >= 0.3 is 5.97 Å². The molecular formula is C10H11Cl2NO3. The fourth-order valence-corrected chi connectivity index (χ4v) is 1.71. The molecule has 0 heterocycles. The van der Waals surface area contributed by atoms with E-state index in [0.717, 1.165) is 0 Å². The van der Waals surface area contributed by atoms with E-state index in [1.807, 2.05) is 0 Å². The number of rotatable bonds is 3. The highest BCUT2D eigenvalue weighted by Crippen LogP contribution is 2.33. The number of carbonyl (C=O) groups excluding carboxylic acids is 1. The molecule has 0 fully saturated rings. The number of nitrogens with two attached hydrogens (primary N) is 1. The molecular weight excluding hydrogens is 253 g/mol. The van der Waals surface area contributed by atoms with Crippen molar-refractivity contribution in [3.05, 3.63) is 27.7 Å². The summed E-state index contributed by atoms with van der Waals surface area (Å²) in [5, 5.41) is 0.639. The molecule has 0 radical (unpaired) electrons. The Hall–Kier alpha value is -0.970. The molecule has 1 atom stereocenters. The summed E-state index contributed by atoms with van der Waals surface area (Å²) < 4.78 is 9.49. The van der Waals surface area contributed by atoms with Crippen molar-refractivity contribution < 1.29 is 14.3 Å². The van der Waals surface area contributed by atoms with Gasteiger partial charge in [0.05, 0.1) is 19.2 Å². The molecule has 0 aliphatic heterocycles. The summed E-state index contributed by atoms with van der Waals surface area (Å²) in [7, 11) is 2.72. The van der Waals surface area contributed by atoms with Gasteiger partial charge in [0.1, 0.15) is 11.8 Å². The van der Waals surface area contributed by atoms with E-state index in [1.165, 1.54) is 26.4 Å². The molecule has 0 saturated heterocycles. The summed E-state index contributed by atoms with van der Waals surface area (Å²) in [6.07, 6.45) is 0. The molecule has 0 aromatic heterocycles. The minimum Gasteiger partial charge on any atom is -0.495 e. The van der Waals surface area contributed by atoms with Crippen LogP contribution in [-0.4, -0.2) is 20.2 Å². The molecule has 0 bridgehead atoms. The van der Waals surface area contributed by atoms with Crippen LogP contribution in [0.1, 0.15) is 11.6 Å². The topological polar surface area (TPSA) is 61.5 Å². The first-order valence-electron chi connectivity index (χ1n) is 4.37. The van der Waals surface area contributed by atoms with Crippen LogP contribution < -0.4 is 10.5 Å². The van der Waals surface area contributed by atoms with Crippen LogP contribution in [-0.2, 0) is 9.53 Å². The van der Waals surface area contributed by atoms with Gasteiger partial charge in [-0.1, -0.05) is 23.2 Å². The predicted molar refractivity (Wildman–Crippen MR) is 62.0 cm³/mol. The van der Waals surface area contributed by atoms with Gasteiger partial charge in [0, 0.05) is 16.7 Å². The lowest BCUT2D eigenvalue weighted by atomic mass is 10.1. The second-order valence-electron chi connectivity index (χ2n) is 3.01. The monoisotopic (exact) mass is 263 g/mol. The van der Waals surface area contributed by atoms with E-state index < -0.39 is 12.0 Å². The van der Waals surface area contributed by atoms with E-state index in [2.05, 4.69) is 4.74 Å². The van der Waals surface area contributed by atoms with Crippen LogP contribution in [0.3, 0.4) is 0 Å². The van der Waals surface area contributed by atoms with Crippen LogP contribution in [0, 0.1) is 0 Å². The maximum atomic E-state index is 11.3. The second kappa shape index (κ2) is 5.39. The van der Waals surface area contributed by atoms with Crippen molar-refractivity contribution in [2.75, 3.05) is 14.2 Å². The van der Waals surface area contributed by atoms with Crippen LogP contribution >= 0.6 is 23.2 Å². The van der Waals surface area contributed by atoms with E-state index in [4.69, 9.17) is 33.7 Å². The molecule has 4 nitrogen and oxygen atoms in total. The third kappa shape index (κ3) is 2.58. The van der Waals surface area contributed by atoms with Crippen LogP contribution in [0.5, 0.6) is 5.75 Å². The molecule has 0 saturated carbocycles. The van der Waals surface area contributed by atoms with Gasteiger partial charge in [-0.05, 0) is 6.07 Å². The summed E-state index contributed by atoms with van der Waals surface area (Å²) in [5.74, 6) is -0.157. The lowest BCUT2D eigenvalue weighted by Crippen LogP contribution is -2.22. The van der Waals surface area contributed by atoms with E-state index in [1.54, 1.807) is 0 Å². The highest BCUT2D eigenvalue weighted by atomic mass is 35.5. The first kappa shape index (κ1) is 13.1. The molecule has 1 unspecified atom stereocenters.